The lowest BCUT2D eigenvalue weighted by Gasteiger charge is -2.36. The van der Waals surface area contributed by atoms with Crippen molar-refractivity contribution in [1.82, 2.24) is 9.62 Å². The first-order valence-corrected chi connectivity index (χ1v) is 8.43. The zero-order chi connectivity index (χ0) is 12.5. The largest absolute Gasteiger partial charge is 0.311 e. The van der Waals surface area contributed by atoms with E-state index in [-0.39, 0.29) is 6.04 Å². The van der Waals surface area contributed by atoms with Crippen LogP contribution in [-0.4, -0.2) is 43.1 Å². The lowest BCUT2D eigenvalue weighted by molar-refractivity contribution is 0.232. The zero-order valence-electron chi connectivity index (χ0n) is 10.9. The van der Waals surface area contributed by atoms with Crippen LogP contribution in [0.1, 0.15) is 46.0 Å². The van der Waals surface area contributed by atoms with Gasteiger partial charge in [0.1, 0.15) is 0 Å². The van der Waals surface area contributed by atoms with Crippen LogP contribution in [0.2, 0.25) is 0 Å². The summed E-state index contributed by atoms with van der Waals surface area (Å²) >= 11 is 0. The maximum atomic E-state index is 12.2. The predicted octanol–water partition coefficient (Wildman–Crippen LogP) is 1.33. The molecular weight excluding hydrogens is 236 g/mol. The Labute approximate surface area is 105 Å². The highest BCUT2D eigenvalue weighted by Crippen LogP contribution is 2.30. The fourth-order valence-corrected chi connectivity index (χ4v) is 5.09. The van der Waals surface area contributed by atoms with Gasteiger partial charge in [0.05, 0.1) is 5.75 Å². The third-order valence-corrected chi connectivity index (χ3v) is 6.18. The third-order valence-electron chi connectivity index (χ3n) is 3.99. The maximum absolute atomic E-state index is 12.2. The van der Waals surface area contributed by atoms with Crippen molar-refractivity contribution >= 4 is 10.0 Å². The Hall–Kier alpha value is -0.130. The number of hydrogen-bond donors (Lipinski definition) is 1. The van der Waals surface area contributed by atoms with Crippen LogP contribution < -0.4 is 5.32 Å². The van der Waals surface area contributed by atoms with Gasteiger partial charge in [-0.1, -0.05) is 13.8 Å². The molecule has 2 atom stereocenters. The molecule has 0 aromatic carbocycles. The summed E-state index contributed by atoms with van der Waals surface area (Å²) in [5.74, 6) is 0.292. The van der Waals surface area contributed by atoms with Crippen molar-refractivity contribution in [3.05, 3.63) is 0 Å². The van der Waals surface area contributed by atoms with E-state index in [0.717, 1.165) is 12.8 Å². The summed E-state index contributed by atoms with van der Waals surface area (Å²) in [7, 11) is -3.04. The molecule has 2 aliphatic rings. The van der Waals surface area contributed by atoms with Crippen LogP contribution >= 0.6 is 0 Å². The molecule has 0 saturated carbocycles. The Balaban J connectivity index is 2.08. The summed E-state index contributed by atoms with van der Waals surface area (Å²) in [6, 6.07) is 1.32. The van der Waals surface area contributed by atoms with E-state index in [0.29, 0.717) is 30.8 Å². The van der Waals surface area contributed by atoms with E-state index in [1.807, 2.05) is 13.8 Å². The molecule has 0 aliphatic carbocycles. The summed E-state index contributed by atoms with van der Waals surface area (Å²) in [5.41, 5.74) is 0. The zero-order valence-corrected chi connectivity index (χ0v) is 11.7. The van der Waals surface area contributed by atoms with Crippen LogP contribution in [0, 0.1) is 0 Å². The smallest absolute Gasteiger partial charge is 0.214 e. The molecule has 2 heterocycles. The van der Waals surface area contributed by atoms with Gasteiger partial charge in [-0.25, -0.2) is 8.42 Å². The number of nitrogens with one attached hydrogen (secondary N) is 1. The second-order valence-electron chi connectivity index (χ2n) is 5.28. The number of fused-ring (bicyclic) bond motifs is 2. The third kappa shape index (κ3) is 2.83. The molecule has 5 heteroatoms. The standard InChI is InChI=1S/C12H24N2O2S/c1-3-7-17(15,16)14(4-2)12-8-10-5-6-11(9-12)13-10/h10-13H,3-9H2,1-2H3. The summed E-state index contributed by atoms with van der Waals surface area (Å²) in [6.07, 6.45) is 5.12. The van der Waals surface area contributed by atoms with Crippen molar-refractivity contribution in [2.75, 3.05) is 12.3 Å². The highest BCUT2D eigenvalue weighted by molar-refractivity contribution is 7.89. The average Bonchev–Trinajstić information content (AvgIpc) is 2.58. The Kier molecular flexibility index (Phi) is 4.10. The molecule has 17 heavy (non-hydrogen) atoms. The topological polar surface area (TPSA) is 49.4 Å². The van der Waals surface area contributed by atoms with Gasteiger partial charge in [0.15, 0.2) is 0 Å². The van der Waals surface area contributed by atoms with Gasteiger partial charge in [-0.3, -0.25) is 0 Å². The molecule has 2 unspecified atom stereocenters. The first-order chi connectivity index (χ1) is 8.06. The summed E-state index contributed by atoms with van der Waals surface area (Å²) in [6.45, 7) is 4.50. The number of sulfonamides is 1. The van der Waals surface area contributed by atoms with Crippen LogP contribution in [0.4, 0.5) is 0 Å². The summed E-state index contributed by atoms with van der Waals surface area (Å²) < 4.78 is 26.2. The maximum Gasteiger partial charge on any atom is 0.214 e. The number of rotatable bonds is 5. The van der Waals surface area contributed by atoms with Crippen LogP contribution in [0.15, 0.2) is 0 Å². The van der Waals surface area contributed by atoms with Crippen LogP contribution in [0.25, 0.3) is 0 Å². The first kappa shape index (κ1) is 13.3. The highest BCUT2D eigenvalue weighted by atomic mass is 32.2. The van der Waals surface area contributed by atoms with Gasteiger partial charge in [0, 0.05) is 24.7 Å². The molecule has 100 valence electrons. The van der Waals surface area contributed by atoms with E-state index in [1.165, 1.54) is 12.8 Å². The normalized spacial score (nSPS) is 33.2. The van der Waals surface area contributed by atoms with Gasteiger partial charge in [0.25, 0.3) is 0 Å². The molecule has 0 spiro atoms. The van der Waals surface area contributed by atoms with Crippen molar-refractivity contribution in [3.8, 4) is 0 Å². The Morgan fingerprint density at radius 2 is 1.76 bits per heavy atom. The van der Waals surface area contributed by atoms with Gasteiger partial charge in [-0.15, -0.1) is 0 Å². The Morgan fingerprint density at radius 1 is 1.18 bits per heavy atom. The molecule has 2 fully saturated rings. The molecule has 2 rings (SSSR count). The minimum Gasteiger partial charge on any atom is -0.311 e. The van der Waals surface area contributed by atoms with E-state index >= 15 is 0 Å². The molecule has 0 amide bonds. The van der Waals surface area contributed by atoms with Gasteiger partial charge in [-0.2, -0.15) is 4.31 Å². The number of nitrogens with zero attached hydrogens (tertiary/aromatic N) is 1. The average molecular weight is 260 g/mol. The van der Waals surface area contributed by atoms with Crippen molar-refractivity contribution in [2.24, 2.45) is 0 Å². The summed E-state index contributed by atoms with van der Waals surface area (Å²) in [4.78, 5) is 0. The quantitative estimate of drug-likeness (QED) is 0.811. The molecule has 0 aromatic rings. The summed E-state index contributed by atoms with van der Waals surface area (Å²) in [5, 5.41) is 3.56. The fraction of sp³-hybridized carbons (Fsp3) is 1.00. The number of hydrogen-bond acceptors (Lipinski definition) is 3. The molecule has 4 nitrogen and oxygen atoms in total. The monoisotopic (exact) mass is 260 g/mol. The van der Waals surface area contributed by atoms with Crippen molar-refractivity contribution in [1.29, 1.82) is 0 Å². The minimum absolute atomic E-state index is 0.232. The molecule has 0 aromatic heterocycles. The predicted molar refractivity (Wildman–Crippen MR) is 69.4 cm³/mol. The van der Waals surface area contributed by atoms with Gasteiger partial charge in [0.2, 0.25) is 10.0 Å². The second-order valence-corrected chi connectivity index (χ2v) is 7.32. The van der Waals surface area contributed by atoms with Crippen LogP contribution in [0.5, 0.6) is 0 Å². The van der Waals surface area contributed by atoms with Gasteiger partial charge >= 0.3 is 0 Å². The Bertz CT molecular complexity index is 344. The van der Waals surface area contributed by atoms with Gasteiger partial charge in [-0.05, 0) is 32.1 Å². The minimum atomic E-state index is -3.04. The lowest BCUT2D eigenvalue weighted by Crippen LogP contribution is -2.50. The SMILES string of the molecule is CCCS(=O)(=O)N(CC)C1CC2CCC(C1)N2. The second kappa shape index (κ2) is 5.24. The Morgan fingerprint density at radius 3 is 2.24 bits per heavy atom. The van der Waals surface area contributed by atoms with E-state index in [9.17, 15) is 8.42 Å². The first-order valence-electron chi connectivity index (χ1n) is 6.82. The molecule has 1 N–H and O–H groups in total. The number of piperidine rings is 1. The highest BCUT2D eigenvalue weighted by Gasteiger charge is 2.38. The van der Waals surface area contributed by atoms with Crippen LogP contribution in [0.3, 0.4) is 0 Å². The lowest BCUT2D eigenvalue weighted by atomic mass is 10.00. The fourth-order valence-electron chi connectivity index (χ4n) is 3.32. The van der Waals surface area contributed by atoms with E-state index in [1.54, 1.807) is 4.31 Å². The molecule has 0 radical (unpaired) electrons. The van der Waals surface area contributed by atoms with E-state index < -0.39 is 10.0 Å². The van der Waals surface area contributed by atoms with Crippen molar-refractivity contribution < 1.29 is 8.42 Å². The molecule has 2 saturated heterocycles. The van der Waals surface area contributed by atoms with Crippen molar-refractivity contribution in [2.45, 2.75) is 64.1 Å². The van der Waals surface area contributed by atoms with E-state index in [4.69, 9.17) is 0 Å². The molecular formula is C12H24N2O2S. The van der Waals surface area contributed by atoms with E-state index in [2.05, 4.69) is 5.32 Å². The van der Waals surface area contributed by atoms with Gasteiger partial charge < -0.3 is 5.32 Å². The molecule has 2 bridgehead atoms. The van der Waals surface area contributed by atoms with Crippen molar-refractivity contribution in [3.63, 3.8) is 0 Å². The van der Waals surface area contributed by atoms with Crippen LogP contribution in [-0.2, 0) is 10.0 Å². The molecule has 2 aliphatic heterocycles.